The van der Waals surface area contributed by atoms with Gasteiger partial charge in [-0.2, -0.15) is 0 Å². The van der Waals surface area contributed by atoms with Crippen LogP contribution in [0.1, 0.15) is 113 Å². The number of hydrogen-bond donors (Lipinski definition) is 0. The Labute approximate surface area is 166 Å². The first-order chi connectivity index (χ1) is 12.5. The van der Waals surface area contributed by atoms with E-state index in [-0.39, 0.29) is 0 Å². The van der Waals surface area contributed by atoms with Crippen LogP contribution in [0.3, 0.4) is 0 Å². The van der Waals surface area contributed by atoms with Crippen molar-refractivity contribution in [2.75, 3.05) is 0 Å². The molecule has 0 saturated heterocycles. The highest BCUT2D eigenvalue weighted by atomic mass is 14.5. The molecule has 2 aliphatic carbocycles. The summed E-state index contributed by atoms with van der Waals surface area (Å²) in [4.78, 5) is 0. The molecule has 2 saturated carbocycles. The van der Waals surface area contributed by atoms with Crippen LogP contribution >= 0.6 is 0 Å². The van der Waals surface area contributed by atoms with E-state index in [2.05, 4.69) is 48.5 Å². The molecule has 0 heterocycles. The lowest BCUT2D eigenvalue weighted by molar-refractivity contribution is -0.0332. The molecule has 0 aromatic carbocycles. The van der Waals surface area contributed by atoms with Gasteiger partial charge in [0.25, 0.3) is 0 Å². The predicted octanol–water partition coefficient (Wildman–Crippen LogP) is 8.60. The van der Waals surface area contributed by atoms with E-state index < -0.39 is 0 Å². The predicted molar refractivity (Wildman–Crippen MR) is 117 cm³/mol. The summed E-state index contributed by atoms with van der Waals surface area (Å²) in [6, 6.07) is 0. The fourth-order valence-corrected chi connectivity index (χ4v) is 7.59. The maximum absolute atomic E-state index is 2.64. The molecule has 0 N–H and O–H groups in total. The van der Waals surface area contributed by atoms with E-state index in [0.717, 1.165) is 53.3 Å². The second-order valence-electron chi connectivity index (χ2n) is 10.3. The highest BCUT2D eigenvalue weighted by Gasteiger charge is 2.49. The molecule has 2 rings (SSSR count). The van der Waals surface area contributed by atoms with Crippen LogP contribution in [0.25, 0.3) is 0 Å². The third-order valence-electron chi connectivity index (χ3n) is 9.19. The Morgan fingerprint density at radius 3 is 1.81 bits per heavy atom. The second-order valence-corrected chi connectivity index (χ2v) is 10.3. The van der Waals surface area contributed by atoms with Gasteiger partial charge in [-0.1, -0.05) is 93.4 Å². The molecule has 0 aliphatic heterocycles. The topological polar surface area (TPSA) is 0 Å². The van der Waals surface area contributed by atoms with Crippen LogP contribution in [0.4, 0.5) is 0 Å². The normalized spacial score (nSPS) is 43.7. The molecule has 9 atom stereocenters. The zero-order chi connectivity index (χ0) is 19.3. The Hall–Kier alpha value is 0. The van der Waals surface area contributed by atoms with E-state index in [9.17, 15) is 0 Å². The lowest BCUT2D eigenvalue weighted by atomic mass is 9.53. The first kappa shape index (κ1) is 22.3. The molecule has 9 unspecified atom stereocenters. The Morgan fingerprint density at radius 1 is 0.615 bits per heavy atom. The maximum Gasteiger partial charge on any atom is -0.0326 e. The zero-order valence-electron chi connectivity index (χ0n) is 19.3. The fourth-order valence-electron chi connectivity index (χ4n) is 7.59. The summed E-state index contributed by atoms with van der Waals surface area (Å²) in [5, 5.41) is 0. The summed E-state index contributed by atoms with van der Waals surface area (Å²) < 4.78 is 0. The van der Waals surface area contributed by atoms with Crippen LogP contribution in [0.2, 0.25) is 0 Å². The van der Waals surface area contributed by atoms with Crippen molar-refractivity contribution in [3.05, 3.63) is 0 Å². The first-order valence-corrected chi connectivity index (χ1v) is 12.5. The van der Waals surface area contributed by atoms with Crippen molar-refractivity contribution in [2.24, 2.45) is 53.3 Å². The van der Waals surface area contributed by atoms with E-state index in [1.807, 2.05) is 0 Å². The smallest absolute Gasteiger partial charge is 0.0326 e. The SMILES string of the molecule is CCCCC1CC(C2C(C)C(C)C(CC)C(C)C2CCCC)CC1CC. The van der Waals surface area contributed by atoms with Gasteiger partial charge in [0.15, 0.2) is 0 Å². The third kappa shape index (κ3) is 4.70. The molecule has 0 amide bonds. The summed E-state index contributed by atoms with van der Waals surface area (Å²) in [5.41, 5.74) is 0. The van der Waals surface area contributed by atoms with Crippen molar-refractivity contribution in [1.82, 2.24) is 0 Å². The van der Waals surface area contributed by atoms with Gasteiger partial charge in [-0.25, -0.2) is 0 Å². The van der Waals surface area contributed by atoms with E-state index in [4.69, 9.17) is 0 Å². The molecule has 0 bridgehead atoms. The molecule has 0 heteroatoms. The van der Waals surface area contributed by atoms with Crippen molar-refractivity contribution in [3.63, 3.8) is 0 Å². The molecule has 2 aliphatic rings. The molecule has 26 heavy (non-hydrogen) atoms. The largest absolute Gasteiger partial charge is 0.0654 e. The van der Waals surface area contributed by atoms with Gasteiger partial charge in [-0.15, -0.1) is 0 Å². The van der Waals surface area contributed by atoms with Crippen molar-refractivity contribution in [3.8, 4) is 0 Å². The van der Waals surface area contributed by atoms with Crippen LogP contribution < -0.4 is 0 Å². The third-order valence-corrected chi connectivity index (χ3v) is 9.19. The molecular formula is C26H50. The van der Waals surface area contributed by atoms with Crippen LogP contribution in [0.5, 0.6) is 0 Å². The summed E-state index contributed by atoms with van der Waals surface area (Å²) in [6.07, 6.45) is 14.6. The van der Waals surface area contributed by atoms with Crippen LogP contribution in [0.15, 0.2) is 0 Å². The lowest BCUT2D eigenvalue weighted by Gasteiger charge is -2.52. The highest BCUT2D eigenvalue weighted by molar-refractivity contribution is 4.98. The van der Waals surface area contributed by atoms with Crippen molar-refractivity contribution in [2.45, 2.75) is 113 Å². The van der Waals surface area contributed by atoms with E-state index in [1.54, 1.807) is 12.8 Å². The van der Waals surface area contributed by atoms with Crippen LogP contribution in [-0.2, 0) is 0 Å². The summed E-state index contributed by atoms with van der Waals surface area (Å²) in [5.74, 6) is 8.87. The number of rotatable bonds is 9. The Bertz CT molecular complexity index is 385. The molecule has 2 fully saturated rings. The average molecular weight is 363 g/mol. The molecule has 0 aromatic rings. The minimum atomic E-state index is 0.924. The summed E-state index contributed by atoms with van der Waals surface area (Å²) >= 11 is 0. The zero-order valence-corrected chi connectivity index (χ0v) is 19.3. The van der Waals surface area contributed by atoms with Crippen LogP contribution in [-0.4, -0.2) is 0 Å². The quantitative estimate of drug-likeness (QED) is 0.385. The van der Waals surface area contributed by atoms with Crippen LogP contribution in [0, 0.1) is 53.3 Å². The second kappa shape index (κ2) is 10.5. The van der Waals surface area contributed by atoms with Crippen molar-refractivity contribution >= 4 is 0 Å². The average Bonchev–Trinajstić information content (AvgIpc) is 3.05. The molecular weight excluding hydrogens is 312 g/mol. The van der Waals surface area contributed by atoms with Gasteiger partial charge in [-0.05, 0) is 72.5 Å². The van der Waals surface area contributed by atoms with E-state index in [1.165, 1.54) is 51.4 Å². The van der Waals surface area contributed by atoms with Gasteiger partial charge in [0.05, 0.1) is 0 Å². The van der Waals surface area contributed by atoms with Gasteiger partial charge >= 0.3 is 0 Å². The van der Waals surface area contributed by atoms with Gasteiger partial charge < -0.3 is 0 Å². The van der Waals surface area contributed by atoms with Gasteiger partial charge in [0.2, 0.25) is 0 Å². The van der Waals surface area contributed by atoms with E-state index >= 15 is 0 Å². The highest BCUT2D eigenvalue weighted by Crippen LogP contribution is 2.56. The summed E-state index contributed by atoms with van der Waals surface area (Å²) in [6.45, 7) is 17.5. The standard InChI is InChI=1S/C26H50/c1-8-12-14-22-17-23(16-21(22)10-3)26-19(6)18(5)24(11-4)20(7)25(26)15-13-9-2/h18-26H,8-17H2,1-7H3. The number of hydrogen-bond acceptors (Lipinski definition) is 0. The van der Waals surface area contributed by atoms with E-state index in [0.29, 0.717) is 0 Å². The number of unbranched alkanes of at least 4 members (excludes halogenated alkanes) is 2. The first-order valence-electron chi connectivity index (χ1n) is 12.5. The molecule has 0 nitrogen and oxygen atoms in total. The lowest BCUT2D eigenvalue weighted by Crippen LogP contribution is -2.45. The molecule has 0 aromatic heterocycles. The molecule has 154 valence electrons. The molecule has 0 radical (unpaired) electrons. The molecule has 0 spiro atoms. The monoisotopic (exact) mass is 362 g/mol. The van der Waals surface area contributed by atoms with Gasteiger partial charge in [0, 0.05) is 0 Å². The van der Waals surface area contributed by atoms with Crippen molar-refractivity contribution in [1.29, 1.82) is 0 Å². The Morgan fingerprint density at radius 2 is 1.23 bits per heavy atom. The van der Waals surface area contributed by atoms with Crippen molar-refractivity contribution < 1.29 is 0 Å². The maximum atomic E-state index is 2.64. The minimum Gasteiger partial charge on any atom is -0.0654 e. The fraction of sp³-hybridized carbons (Fsp3) is 1.00. The Balaban J connectivity index is 2.19. The summed E-state index contributed by atoms with van der Waals surface area (Å²) in [7, 11) is 0. The Kier molecular flexibility index (Phi) is 9.02. The van der Waals surface area contributed by atoms with Gasteiger partial charge in [-0.3, -0.25) is 0 Å². The minimum absolute atomic E-state index is 0.924. The van der Waals surface area contributed by atoms with Gasteiger partial charge in [0.1, 0.15) is 0 Å².